The molecular formula is C23H36N2O2. The van der Waals surface area contributed by atoms with Gasteiger partial charge in [-0.25, -0.2) is 0 Å². The van der Waals surface area contributed by atoms with Crippen molar-refractivity contribution in [3.05, 3.63) is 29.8 Å². The van der Waals surface area contributed by atoms with E-state index in [1.54, 1.807) is 0 Å². The molecule has 1 unspecified atom stereocenters. The van der Waals surface area contributed by atoms with E-state index in [0.29, 0.717) is 24.8 Å². The van der Waals surface area contributed by atoms with E-state index < -0.39 is 0 Å². The Hall–Kier alpha value is -1.55. The maximum atomic E-state index is 12.6. The Kier molecular flexibility index (Phi) is 6.46. The van der Waals surface area contributed by atoms with Crippen LogP contribution in [0.5, 0.6) is 0 Å². The summed E-state index contributed by atoms with van der Waals surface area (Å²) in [5, 5.41) is 9.06. The second-order valence-corrected chi connectivity index (χ2v) is 9.12. The highest BCUT2D eigenvalue weighted by atomic mass is 16.3. The highest BCUT2D eigenvalue weighted by Gasteiger charge is 2.46. The van der Waals surface area contributed by atoms with Crippen LogP contribution in [-0.2, 0) is 11.2 Å². The van der Waals surface area contributed by atoms with Gasteiger partial charge in [0.1, 0.15) is 0 Å². The number of aryl methyl sites for hydroxylation is 1. The second-order valence-electron chi connectivity index (χ2n) is 9.12. The zero-order valence-corrected chi connectivity index (χ0v) is 17.3. The molecule has 3 saturated heterocycles. The third kappa shape index (κ3) is 4.66. The van der Waals surface area contributed by atoms with Crippen LogP contribution in [0, 0.1) is 11.3 Å². The fourth-order valence-electron chi connectivity index (χ4n) is 4.95. The number of unbranched alkanes of at least 4 members (excludes halogenated alkanes) is 1. The van der Waals surface area contributed by atoms with Gasteiger partial charge in [0.05, 0.1) is 6.04 Å². The second kappa shape index (κ2) is 8.64. The summed E-state index contributed by atoms with van der Waals surface area (Å²) in [6, 6.07) is 9.46. The Morgan fingerprint density at radius 1 is 1.15 bits per heavy atom. The third-order valence-electron chi connectivity index (χ3n) is 6.41. The largest absolute Gasteiger partial charge is 0.396 e. The minimum Gasteiger partial charge on any atom is -0.396 e. The van der Waals surface area contributed by atoms with Crippen molar-refractivity contribution in [2.45, 2.75) is 65.3 Å². The first-order valence-electron chi connectivity index (χ1n) is 10.7. The van der Waals surface area contributed by atoms with Crippen molar-refractivity contribution >= 4 is 11.6 Å². The fraction of sp³-hybridized carbons (Fsp3) is 0.696. The van der Waals surface area contributed by atoms with Gasteiger partial charge in [-0.2, -0.15) is 0 Å². The Morgan fingerprint density at radius 3 is 2.56 bits per heavy atom. The van der Waals surface area contributed by atoms with Gasteiger partial charge in [-0.1, -0.05) is 39.3 Å². The predicted molar refractivity (Wildman–Crippen MR) is 111 cm³/mol. The highest BCUT2D eigenvalue weighted by Crippen LogP contribution is 2.43. The smallest absolute Gasteiger partial charge is 0.222 e. The molecule has 4 nitrogen and oxygen atoms in total. The molecule has 2 atom stereocenters. The maximum Gasteiger partial charge on any atom is 0.222 e. The average molecular weight is 373 g/mol. The van der Waals surface area contributed by atoms with Crippen molar-refractivity contribution in [2.24, 2.45) is 11.3 Å². The molecule has 150 valence electrons. The number of rotatable bonds is 7. The van der Waals surface area contributed by atoms with Gasteiger partial charge in [-0.05, 0) is 54.7 Å². The zero-order valence-electron chi connectivity index (χ0n) is 17.3. The van der Waals surface area contributed by atoms with E-state index in [0.717, 1.165) is 26.1 Å². The van der Waals surface area contributed by atoms with Gasteiger partial charge in [0, 0.05) is 38.3 Å². The number of hydrogen-bond donors (Lipinski definition) is 1. The zero-order chi connectivity index (χ0) is 19.4. The van der Waals surface area contributed by atoms with Crippen LogP contribution in [0.1, 0.15) is 58.4 Å². The third-order valence-corrected chi connectivity index (χ3v) is 6.41. The summed E-state index contributed by atoms with van der Waals surface area (Å²) >= 11 is 0. The van der Waals surface area contributed by atoms with Crippen LogP contribution in [0.25, 0.3) is 0 Å². The van der Waals surface area contributed by atoms with Crippen LogP contribution < -0.4 is 4.90 Å². The van der Waals surface area contributed by atoms with E-state index >= 15 is 0 Å². The molecule has 1 amide bonds. The minimum atomic E-state index is 0.0917. The van der Waals surface area contributed by atoms with Crippen molar-refractivity contribution in [2.75, 3.05) is 31.1 Å². The molecular weight excluding hydrogens is 336 g/mol. The van der Waals surface area contributed by atoms with E-state index in [9.17, 15) is 4.79 Å². The van der Waals surface area contributed by atoms with Crippen LogP contribution in [0.15, 0.2) is 24.3 Å². The van der Waals surface area contributed by atoms with Crippen molar-refractivity contribution < 1.29 is 9.90 Å². The number of aliphatic hydroxyl groups is 1. The molecule has 1 aromatic rings. The summed E-state index contributed by atoms with van der Waals surface area (Å²) in [7, 11) is 0. The van der Waals surface area contributed by atoms with E-state index in [1.165, 1.54) is 30.5 Å². The normalized spacial score (nSPS) is 24.1. The standard InChI is InChI=1S/C23H36N2O2/c1-4-5-7-18-9-11-20(12-10-18)25-16-19-14-23(2,3)21(25)17-24(15-19)22(27)8-6-13-26/h9-12,19,21,26H,4-8,13-17H2,1-3H3/t19?,21-/m1/s1. The van der Waals surface area contributed by atoms with Gasteiger partial charge in [0.15, 0.2) is 0 Å². The van der Waals surface area contributed by atoms with Gasteiger partial charge in [0.25, 0.3) is 0 Å². The lowest BCUT2D eigenvalue weighted by atomic mass is 9.73. The van der Waals surface area contributed by atoms with Gasteiger partial charge in [-0.15, -0.1) is 0 Å². The molecule has 1 N–H and O–H groups in total. The molecule has 0 aliphatic carbocycles. The molecule has 4 heteroatoms. The summed E-state index contributed by atoms with van der Waals surface area (Å²) in [6.07, 6.45) is 5.82. The van der Waals surface area contributed by atoms with Crippen LogP contribution in [0.4, 0.5) is 5.69 Å². The summed E-state index contributed by atoms with van der Waals surface area (Å²) in [5.41, 5.74) is 2.90. The molecule has 0 saturated carbocycles. The monoisotopic (exact) mass is 372 g/mol. The van der Waals surface area contributed by atoms with Crippen molar-refractivity contribution in [3.8, 4) is 0 Å². The summed E-state index contributed by atoms with van der Waals surface area (Å²) < 4.78 is 0. The molecule has 1 aromatic carbocycles. The molecule has 4 rings (SSSR count). The van der Waals surface area contributed by atoms with E-state index in [-0.39, 0.29) is 17.9 Å². The number of aliphatic hydroxyl groups excluding tert-OH is 1. The van der Waals surface area contributed by atoms with Crippen LogP contribution in [0.2, 0.25) is 0 Å². The number of nitrogens with zero attached hydrogens (tertiary/aromatic N) is 2. The van der Waals surface area contributed by atoms with Crippen molar-refractivity contribution in [1.82, 2.24) is 4.90 Å². The highest BCUT2D eigenvalue weighted by molar-refractivity contribution is 5.76. The summed E-state index contributed by atoms with van der Waals surface area (Å²) in [6.45, 7) is 9.72. The van der Waals surface area contributed by atoms with Crippen LogP contribution in [-0.4, -0.2) is 48.2 Å². The number of benzene rings is 1. The summed E-state index contributed by atoms with van der Waals surface area (Å²) in [5.74, 6) is 0.713. The van der Waals surface area contributed by atoms with Gasteiger partial charge < -0.3 is 14.9 Å². The first kappa shape index (κ1) is 20.2. The molecule has 2 bridgehead atoms. The molecule has 3 fully saturated rings. The van der Waals surface area contributed by atoms with Crippen LogP contribution >= 0.6 is 0 Å². The number of carbonyl (C=O) groups excluding carboxylic acids is 1. The molecule has 3 heterocycles. The minimum absolute atomic E-state index is 0.0917. The Balaban J connectivity index is 1.78. The maximum absolute atomic E-state index is 12.6. The number of hydrogen-bond acceptors (Lipinski definition) is 3. The Bertz CT molecular complexity index is 626. The quantitative estimate of drug-likeness (QED) is 0.790. The molecule has 27 heavy (non-hydrogen) atoms. The lowest BCUT2D eigenvalue weighted by Crippen LogP contribution is -2.54. The average Bonchev–Trinajstić information content (AvgIpc) is 2.92. The number of piperidine rings is 1. The van der Waals surface area contributed by atoms with E-state index in [4.69, 9.17) is 5.11 Å². The SMILES string of the molecule is CCCCc1ccc(N2CC3CN(C(=O)CCCO)C[C@@H]2C(C)(C)C3)cc1. The van der Waals surface area contributed by atoms with Crippen molar-refractivity contribution in [1.29, 1.82) is 0 Å². The van der Waals surface area contributed by atoms with Crippen LogP contribution in [0.3, 0.4) is 0 Å². The predicted octanol–water partition coefficient (Wildman–Crippen LogP) is 3.87. The molecule has 3 aliphatic heterocycles. The van der Waals surface area contributed by atoms with Crippen molar-refractivity contribution in [3.63, 3.8) is 0 Å². The molecule has 0 aromatic heterocycles. The summed E-state index contributed by atoms with van der Waals surface area (Å²) in [4.78, 5) is 17.2. The van der Waals surface area contributed by atoms with E-state index in [1.807, 2.05) is 0 Å². The number of anilines is 1. The first-order valence-corrected chi connectivity index (χ1v) is 10.7. The Labute approximate surface area is 164 Å². The first-order chi connectivity index (χ1) is 12.9. The Morgan fingerprint density at radius 2 is 1.89 bits per heavy atom. The molecule has 0 spiro atoms. The van der Waals surface area contributed by atoms with E-state index in [2.05, 4.69) is 54.8 Å². The number of fused-ring (bicyclic) bond motifs is 4. The molecule has 0 radical (unpaired) electrons. The van der Waals surface area contributed by atoms with Gasteiger partial charge in [-0.3, -0.25) is 4.79 Å². The van der Waals surface area contributed by atoms with Gasteiger partial charge in [0.2, 0.25) is 5.91 Å². The number of carbonyl (C=O) groups is 1. The lowest BCUT2D eigenvalue weighted by Gasteiger charge is -2.48. The lowest BCUT2D eigenvalue weighted by molar-refractivity contribution is -0.131. The number of amides is 1. The molecule has 3 aliphatic rings. The van der Waals surface area contributed by atoms with Gasteiger partial charge >= 0.3 is 0 Å². The fourth-order valence-corrected chi connectivity index (χ4v) is 4.95. The topological polar surface area (TPSA) is 43.8 Å².